The molecule has 0 radical (unpaired) electrons. The second-order valence-corrected chi connectivity index (χ2v) is 20.8. The van der Waals surface area contributed by atoms with Gasteiger partial charge in [-0.3, -0.25) is 14.4 Å². The predicted octanol–water partition coefficient (Wildman–Crippen LogP) is 10.1. The number of Topliss-reactive ketones (excluding diaryl/α,β-unsaturated/α-hetero) is 2. The van der Waals surface area contributed by atoms with Gasteiger partial charge in [-0.25, -0.2) is 14.3 Å². The largest absolute Gasteiger partial charge is 0.453 e. The molecule has 0 spiro atoms. The molecule has 1 saturated heterocycles. The molecule has 12 heteroatoms. The second kappa shape index (κ2) is 23.4. The molecule has 0 bridgehead atoms. The van der Waals surface area contributed by atoms with Crippen LogP contribution in [0.25, 0.3) is 5.70 Å². The van der Waals surface area contributed by atoms with Crippen LogP contribution in [0.15, 0.2) is 35.0 Å². The van der Waals surface area contributed by atoms with Crippen molar-refractivity contribution in [2.45, 2.75) is 169 Å². The Bertz CT molecular complexity index is 1930. The smallest absolute Gasteiger partial charge is 0.407 e. The lowest BCUT2D eigenvalue weighted by molar-refractivity contribution is -0.680. The molecule has 350 valence electrons. The maximum Gasteiger partial charge on any atom is 0.407 e. The summed E-state index contributed by atoms with van der Waals surface area (Å²) < 4.78 is 12.3. The van der Waals surface area contributed by atoms with E-state index in [1.165, 1.54) is 40.9 Å². The minimum atomic E-state index is -0.562. The summed E-state index contributed by atoms with van der Waals surface area (Å²) in [6, 6.07) is 1.81. The molecule has 2 aromatic heterocycles. The van der Waals surface area contributed by atoms with E-state index in [0.717, 1.165) is 75.9 Å². The Morgan fingerprint density at radius 2 is 1.71 bits per heavy atom. The quantitative estimate of drug-likeness (QED) is 0.0891. The van der Waals surface area contributed by atoms with E-state index < -0.39 is 18.2 Å². The zero-order valence-electron chi connectivity index (χ0n) is 40.4. The molecule has 2 aromatic rings. The number of aromatic nitrogens is 2. The maximum atomic E-state index is 14.2. The highest BCUT2D eigenvalue weighted by atomic mass is 32.1. The van der Waals surface area contributed by atoms with Crippen LogP contribution in [0.1, 0.15) is 173 Å². The molecule has 8 atom stereocenters. The van der Waals surface area contributed by atoms with E-state index in [1.54, 1.807) is 14.0 Å². The number of aryl methyl sites for hydroxylation is 1. The minimum Gasteiger partial charge on any atom is -0.453 e. The zero-order valence-corrected chi connectivity index (χ0v) is 41.3. The Labute approximate surface area is 382 Å². The number of amides is 2. The van der Waals surface area contributed by atoms with Crippen LogP contribution in [0.3, 0.4) is 0 Å². The van der Waals surface area contributed by atoms with E-state index in [9.17, 15) is 19.2 Å². The van der Waals surface area contributed by atoms with Gasteiger partial charge >= 0.3 is 6.09 Å². The van der Waals surface area contributed by atoms with Crippen LogP contribution in [-0.2, 0) is 37.3 Å². The molecule has 63 heavy (non-hydrogen) atoms. The van der Waals surface area contributed by atoms with Gasteiger partial charge in [0.25, 0.3) is 5.82 Å². The van der Waals surface area contributed by atoms with Crippen molar-refractivity contribution in [3.63, 3.8) is 0 Å². The molecule has 3 aliphatic rings. The highest BCUT2D eigenvalue weighted by Gasteiger charge is 2.40. The lowest BCUT2D eigenvalue weighted by atomic mass is 9.78. The van der Waals surface area contributed by atoms with Crippen LogP contribution in [0, 0.1) is 35.5 Å². The first-order valence-corrected chi connectivity index (χ1v) is 25.0. The number of thiophene rings is 1. The molecule has 2 fully saturated rings. The highest BCUT2D eigenvalue weighted by Crippen LogP contribution is 2.40. The SMILES string of the molecule is COC(=O)NC(C(=O)CC1CCCCCC1C1=C(C)CCC=C(c2csc(CC(C)C(C)c3c[n+](C)c(C4CCCN4C(=O)C(CCCC(=O)C(C)OC)C(C)C)[nH]3)c2)N1)C(C)C. The van der Waals surface area contributed by atoms with Crippen molar-refractivity contribution in [2.24, 2.45) is 42.6 Å². The number of aromatic amines is 1. The van der Waals surface area contributed by atoms with Crippen molar-refractivity contribution in [3.05, 3.63) is 56.9 Å². The Hall–Kier alpha value is -3.77. The molecule has 1 saturated carbocycles. The number of ether oxygens (including phenoxy) is 2. The molecule has 5 rings (SSSR count). The average Bonchev–Trinajstić information content (AvgIpc) is 3.95. The number of methoxy groups -OCH3 is 2. The van der Waals surface area contributed by atoms with Gasteiger partial charge in [0, 0.05) is 71.5 Å². The first kappa shape index (κ1) is 50.2. The molecular formula is C51H80N5O6S+. The fraction of sp³-hybridized carbons (Fsp3) is 0.706. The third-order valence-corrected chi connectivity index (χ3v) is 15.6. The van der Waals surface area contributed by atoms with Crippen molar-refractivity contribution in [1.29, 1.82) is 0 Å². The summed E-state index contributed by atoms with van der Waals surface area (Å²) in [5.74, 6) is 2.64. The number of ketones is 2. The number of nitrogens with one attached hydrogen (secondary N) is 3. The summed E-state index contributed by atoms with van der Waals surface area (Å²) in [6.45, 7) is 17.6. The van der Waals surface area contributed by atoms with Crippen molar-refractivity contribution in [2.75, 3.05) is 20.8 Å². The van der Waals surface area contributed by atoms with Crippen LogP contribution >= 0.6 is 11.3 Å². The Morgan fingerprint density at radius 3 is 2.41 bits per heavy atom. The van der Waals surface area contributed by atoms with Crippen molar-refractivity contribution in [1.82, 2.24) is 20.5 Å². The third kappa shape index (κ3) is 13.0. The number of hydrogen-bond acceptors (Lipinski definition) is 8. The van der Waals surface area contributed by atoms with Gasteiger partial charge in [-0.2, -0.15) is 0 Å². The summed E-state index contributed by atoms with van der Waals surface area (Å²) >= 11 is 1.83. The topological polar surface area (TPSA) is 134 Å². The van der Waals surface area contributed by atoms with Crippen molar-refractivity contribution >= 4 is 40.6 Å². The van der Waals surface area contributed by atoms with Crippen molar-refractivity contribution < 1.29 is 33.2 Å². The fourth-order valence-electron chi connectivity index (χ4n) is 10.3. The first-order chi connectivity index (χ1) is 30.0. The lowest BCUT2D eigenvalue weighted by Gasteiger charge is -2.31. The van der Waals surface area contributed by atoms with Crippen LogP contribution in [-0.4, -0.2) is 66.4 Å². The normalized spacial score (nSPS) is 22.1. The zero-order chi connectivity index (χ0) is 46.0. The number of allylic oxidation sites excluding steroid dienone is 3. The number of rotatable bonds is 20. The summed E-state index contributed by atoms with van der Waals surface area (Å²) in [7, 11) is 5.00. The predicted molar refractivity (Wildman–Crippen MR) is 252 cm³/mol. The third-order valence-electron chi connectivity index (χ3n) is 14.6. The number of likely N-dealkylation sites (tertiary alicyclic amines) is 1. The Balaban J connectivity index is 1.24. The Morgan fingerprint density at radius 1 is 0.968 bits per heavy atom. The molecule has 2 aliphatic heterocycles. The van der Waals surface area contributed by atoms with E-state index >= 15 is 0 Å². The molecule has 0 aromatic carbocycles. The van der Waals surface area contributed by atoms with Gasteiger partial charge in [0.2, 0.25) is 5.91 Å². The minimum absolute atomic E-state index is 0.00669. The van der Waals surface area contributed by atoms with Gasteiger partial charge in [-0.05, 0) is 101 Å². The Kier molecular flexibility index (Phi) is 18.7. The monoisotopic (exact) mass is 891 g/mol. The van der Waals surface area contributed by atoms with E-state index in [4.69, 9.17) is 9.47 Å². The fourth-order valence-corrected chi connectivity index (χ4v) is 11.3. The lowest BCUT2D eigenvalue weighted by Crippen LogP contribution is -2.45. The van der Waals surface area contributed by atoms with E-state index in [2.05, 4.69) is 90.5 Å². The van der Waals surface area contributed by atoms with Crippen LogP contribution < -0.4 is 15.2 Å². The molecule has 1 aliphatic carbocycles. The summed E-state index contributed by atoms with van der Waals surface area (Å²) in [5, 5.41) is 9.07. The van der Waals surface area contributed by atoms with Gasteiger partial charge in [-0.15, -0.1) is 11.3 Å². The number of carbonyl (C=O) groups is 4. The second-order valence-electron chi connectivity index (χ2n) is 19.8. The van der Waals surface area contributed by atoms with Crippen LogP contribution in [0.5, 0.6) is 0 Å². The summed E-state index contributed by atoms with van der Waals surface area (Å²) in [6.07, 6.45) is 16.2. The number of hydrogen-bond donors (Lipinski definition) is 3. The molecule has 11 nitrogen and oxygen atoms in total. The van der Waals surface area contributed by atoms with E-state index in [1.807, 2.05) is 25.2 Å². The number of carbonyl (C=O) groups excluding carboxylic acids is 4. The first-order valence-electron chi connectivity index (χ1n) is 24.1. The molecule has 4 heterocycles. The van der Waals surface area contributed by atoms with Gasteiger partial charge in [0.05, 0.1) is 20.2 Å². The van der Waals surface area contributed by atoms with Crippen LogP contribution in [0.4, 0.5) is 4.79 Å². The van der Waals surface area contributed by atoms with Crippen LogP contribution in [0.2, 0.25) is 0 Å². The van der Waals surface area contributed by atoms with E-state index in [-0.39, 0.29) is 59.0 Å². The summed E-state index contributed by atoms with van der Waals surface area (Å²) in [4.78, 5) is 59.8. The number of imidazole rings is 1. The highest BCUT2D eigenvalue weighted by molar-refractivity contribution is 7.10. The molecule has 3 N–H and O–H groups in total. The van der Waals surface area contributed by atoms with Gasteiger partial charge < -0.3 is 25.0 Å². The molecular weight excluding hydrogens is 811 g/mol. The number of alkyl carbamates (subject to hydrolysis) is 1. The van der Waals surface area contributed by atoms with E-state index in [0.29, 0.717) is 31.6 Å². The number of H-pyrrole nitrogens is 1. The molecule has 8 unspecified atom stereocenters. The standard InChI is InChI=1S/C51H79N5O6S/c1-31(2)40(21-16-24-45(57)36(8)61-10)50(59)56-25-17-23-44(56)49-53-43(29-55(49)9)35(7)34(6)26-39-27-38(30-63-39)42-22-15-18-33(5)48(52-42)41-20-14-12-13-19-37(41)28-46(58)47(32(3)4)54-51(60)62-11/h22,27,29-32,34-37,40-41,44,47,52H,12-21,23-26,28H2,1-11H3,(H,54,60)/p+1. The maximum absolute atomic E-state index is 14.2. The summed E-state index contributed by atoms with van der Waals surface area (Å²) in [5.41, 5.74) is 6.24. The van der Waals surface area contributed by atoms with Gasteiger partial charge in [0.15, 0.2) is 11.6 Å². The number of nitrogens with zero attached hydrogens (tertiary/aromatic N) is 2. The van der Waals surface area contributed by atoms with Gasteiger partial charge in [-0.1, -0.05) is 72.5 Å². The van der Waals surface area contributed by atoms with Gasteiger partial charge in [0.1, 0.15) is 24.0 Å². The average molecular weight is 891 g/mol. The molecule has 2 amide bonds. The van der Waals surface area contributed by atoms with Crippen molar-refractivity contribution in [3.8, 4) is 0 Å².